The van der Waals surface area contributed by atoms with E-state index in [4.69, 9.17) is 4.74 Å². The van der Waals surface area contributed by atoms with Crippen LogP contribution in [0.25, 0.3) is 5.69 Å². The van der Waals surface area contributed by atoms with Crippen molar-refractivity contribution in [3.63, 3.8) is 0 Å². The molecule has 1 atom stereocenters. The second-order valence-electron chi connectivity index (χ2n) is 5.62. The molecule has 0 saturated carbocycles. The maximum atomic E-state index is 6.31. The number of hydrogen-bond donors (Lipinski definition) is 0. The van der Waals surface area contributed by atoms with Crippen LogP contribution in [0.1, 0.15) is 19.0 Å². The average molecular weight is 293 g/mol. The summed E-state index contributed by atoms with van der Waals surface area (Å²) in [6.07, 6.45) is 3.09. The first-order valence-corrected chi connectivity index (χ1v) is 6.71. The highest BCUT2D eigenvalue weighted by Crippen LogP contribution is 2.40. The summed E-state index contributed by atoms with van der Waals surface area (Å²) in [4.78, 5) is 2.20. The number of ether oxygens (including phenoxy) is 1. The van der Waals surface area contributed by atoms with E-state index in [0.29, 0.717) is 0 Å². The highest BCUT2D eigenvalue weighted by atomic mass is 35.5. The van der Waals surface area contributed by atoms with Gasteiger partial charge in [0.05, 0.1) is 11.4 Å². The van der Waals surface area contributed by atoms with Crippen molar-refractivity contribution in [2.24, 2.45) is 0 Å². The Kier molecular flexibility index (Phi) is 4.11. The molecule has 3 nitrogen and oxygen atoms in total. The molecule has 1 aromatic heterocycles. The fraction of sp³-hybridized carbons (Fsp3) is 0.375. The summed E-state index contributed by atoms with van der Waals surface area (Å²) in [7, 11) is 4.19. The average Bonchev–Trinajstić information content (AvgIpc) is 2.87. The van der Waals surface area contributed by atoms with Gasteiger partial charge in [0.1, 0.15) is 11.4 Å². The molecule has 4 heteroatoms. The number of nitrogens with zero attached hydrogens (tertiary/aromatic N) is 2. The number of halogens is 1. The van der Waals surface area contributed by atoms with Crippen LogP contribution in [-0.2, 0) is 5.60 Å². The second-order valence-corrected chi connectivity index (χ2v) is 5.62. The summed E-state index contributed by atoms with van der Waals surface area (Å²) in [5, 5.41) is 0. The third-order valence-electron chi connectivity index (χ3n) is 3.79. The Morgan fingerprint density at radius 2 is 1.90 bits per heavy atom. The summed E-state index contributed by atoms with van der Waals surface area (Å²) >= 11 is 0. The number of fused-ring (bicyclic) bond motifs is 3. The van der Waals surface area contributed by atoms with E-state index < -0.39 is 0 Å². The Bertz CT molecular complexity index is 594. The van der Waals surface area contributed by atoms with Gasteiger partial charge in [0.25, 0.3) is 0 Å². The van der Waals surface area contributed by atoms with Crippen LogP contribution in [0.5, 0.6) is 5.75 Å². The normalized spacial score (nSPS) is 19.8. The first-order chi connectivity index (χ1) is 9.10. The molecule has 0 radical (unpaired) electrons. The Morgan fingerprint density at radius 3 is 2.65 bits per heavy atom. The molecular formula is C16H21ClN2O. The van der Waals surface area contributed by atoms with Gasteiger partial charge >= 0.3 is 0 Å². The molecule has 2 aromatic rings. The third kappa shape index (κ3) is 2.43. The van der Waals surface area contributed by atoms with Gasteiger partial charge in [-0.1, -0.05) is 12.1 Å². The molecule has 1 unspecified atom stereocenters. The number of rotatable bonds is 3. The summed E-state index contributed by atoms with van der Waals surface area (Å²) in [5.41, 5.74) is 2.10. The monoisotopic (exact) mass is 292 g/mol. The molecule has 20 heavy (non-hydrogen) atoms. The quantitative estimate of drug-likeness (QED) is 0.862. The van der Waals surface area contributed by atoms with E-state index in [9.17, 15) is 0 Å². The van der Waals surface area contributed by atoms with E-state index in [1.54, 1.807) is 0 Å². The Balaban J connectivity index is 0.00000147. The Labute approximate surface area is 126 Å². The van der Waals surface area contributed by atoms with E-state index in [1.807, 2.05) is 12.1 Å². The van der Waals surface area contributed by atoms with E-state index in [0.717, 1.165) is 24.4 Å². The molecule has 0 fully saturated rings. The van der Waals surface area contributed by atoms with Crippen molar-refractivity contribution >= 4 is 12.4 Å². The molecule has 1 aliphatic heterocycles. The van der Waals surface area contributed by atoms with Crippen molar-refractivity contribution in [2.45, 2.75) is 18.9 Å². The molecule has 0 spiro atoms. The van der Waals surface area contributed by atoms with Gasteiger partial charge in [0, 0.05) is 19.2 Å². The van der Waals surface area contributed by atoms with Crippen LogP contribution in [0.3, 0.4) is 0 Å². The van der Waals surface area contributed by atoms with Crippen molar-refractivity contribution in [3.05, 3.63) is 48.3 Å². The van der Waals surface area contributed by atoms with Gasteiger partial charge in [-0.2, -0.15) is 0 Å². The first-order valence-electron chi connectivity index (χ1n) is 6.71. The van der Waals surface area contributed by atoms with Crippen LogP contribution in [0.2, 0.25) is 0 Å². The fourth-order valence-electron chi connectivity index (χ4n) is 2.68. The van der Waals surface area contributed by atoms with Crippen molar-refractivity contribution in [1.82, 2.24) is 9.47 Å². The van der Waals surface area contributed by atoms with Gasteiger partial charge in [0.2, 0.25) is 0 Å². The number of aromatic nitrogens is 1. The van der Waals surface area contributed by atoms with E-state index in [2.05, 4.69) is 60.9 Å². The van der Waals surface area contributed by atoms with Crippen LogP contribution >= 0.6 is 12.4 Å². The van der Waals surface area contributed by atoms with Gasteiger partial charge in [-0.15, -0.1) is 12.4 Å². The third-order valence-corrected chi connectivity index (χ3v) is 3.79. The van der Waals surface area contributed by atoms with Crippen molar-refractivity contribution < 1.29 is 4.74 Å². The minimum Gasteiger partial charge on any atom is -0.479 e. The molecule has 108 valence electrons. The van der Waals surface area contributed by atoms with Crippen LogP contribution in [-0.4, -0.2) is 30.1 Å². The maximum Gasteiger partial charge on any atom is 0.148 e. The predicted octanol–water partition coefficient (Wildman–Crippen LogP) is 3.46. The van der Waals surface area contributed by atoms with Gasteiger partial charge in [0.15, 0.2) is 0 Å². The predicted molar refractivity (Wildman–Crippen MR) is 84.2 cm³/mol. The van der Waals surface area contributed by atoms with Gasteiger partial charge in [-0.05, 0) is 45.3 Å². The zero-order chi connectivity index (χ0) is 13.5. The molecule has 2 heterocycles. The molecule has 0 aliphatic carbocycles. The maximum absolute atomic E-state index is 6.31. The van der Waals surface area contributed by atoms with E-state index in [-0.39, 0.29) is 18.0 Å². The van der Waals surface area contributed by atoms with Crippen LogP contribution < -0.4 is 4.74 Å². The summed E-state index contributed by atoms with van der Waals surface area (Å²) in [6.45, 7) is 3.18. The lowest BCUT2D eigenvalue weighted by Crippen LogP contribution is -2.38. The summed E-state index contributed by atoms with van der Waals surface area (Å²) in [6, 6.07) is 12.5. The van der Waals surface area contributed by atoms with Crippen molar-refractivity contribution in [3.8, 4) is 11.4 Å². The number of benzene rings is 1. The molecule has 0 bridgehead atoms. The van der Waals surface area contributed by atoms with Gasteiger partial charge < -0.3 is 14.2 Å². The zero-order valence-corrected chi connectivity index (χ0v) is 13.0. The highest BCUT2D eigenvalue weighted by Gasteiger charge is 2.36. The Hall–Kier alpha value is -1.45. The molecule has 1 aromatic carbocycles. The fourth-order valence-corrected chi connectivity index (χ4v) is 2.68. The number of para-hydroxylation sites is 2. The minimum absolute atomic E-state index is 0. The Morgan fingerprint density at radius 1 is 1.15 bits per heavy atom. The van der Waals surface area contributed by atoms with Crippen molar-refractivity contribution in [1.29, 1.82) is 0 Å². The van der Waals surface area contributed by atoms with Crippen LogP contribution in [0, 0.1) is 0 Å². The van der Waals surface area contributed by atoms with E-state index >= 15 is 0 Å². The lowest BCUT2D eigenvalue weighted by Gasteiger charge is -2.37. The van der Waals surface area contributed by atoms with Crippen LogP contribution in [0.15, 0.2) is 42.6 Å². The zero-order valence-electron chi connectivity index (χ0n) is 12.2. The van der Waals surface area contributed by atoms with Gasteiger partial charge in [-0.3, -0.25) is 0 Å². The van der Waals surface area contributed by atoms with Crippen molar-refractivity contribution in [2.75, 3.05) is 20.6 Å². The standard InChI is InChI=1S/C16H20N2O.ClH/c1-16(10-12-17(2)3)15-9-6-11-18(15)13-7-4-5-8-14(13)19-16;/h4-9,11H,10,12H2,1-3H3;1H. The van der Waals surface area contributed by atoms with Crippen LogP contribution in [0.4, 0.5) is 0 Å². The smallest absolute Gasteiger partial charge is 0.148 e. The molecule has 3 rings (SSSR count). The number of hydrogen-bond acceptors (Lipinski definition) is 2. The SMILES string of the molecule is CN(C)CCC1(C)Oc2ccccc2-n2cccc21.Cl. The summed E-state index contributed by atoms with van der Waals surface area (Å²) in [5.74, 6) is 0.965. The first kappa shape index (κ1) is 14.9. The topological polar surface area (TPSA) is 17.4 Å². The minimum atomic E-state index is -0.262. The lowest BCUT2D eigenvalue weighted by atomic mass is 9.95. The van der Waals surface area contributed by atoms with E-state index in [1.165, 1.54) is 5.69 Å². The molecule has 1 aliphatic rings. The second kappa shape index (κ2) is 5.51. The molecule has 0 amide bonds. The molecular weight excluding hydrogens is 272 g/mol. The van der Waals surface area contributed by atoms with Gasteiger partial charge in [-0.25, -0.2) is 0 Å². The lowest BCUT2D eigenvalue weighted by molar-refractivity contribution is 0.0545. The summed E-state index contributed by atoms with van der Waals surface area (Å²) < 4.78 is 8.55. The molecule has 0 saturated heterocycles. The largest absolute Gasteiger partial charge is 0.479 e. The molecule has 0 N–H and O–H groups in total. The highest BCUT2D eigenvalue weighted by molar-refractivity contribution is 5.85.